The number of carbonyl (C=O) groups excluding carboxylic acids is 2. The summed E-state index contributed by atoms with van der Waals surface area (Å²) in [5.41, 5.74) is 3.46. The van der Waals surface area contributed by atoms with Gasteiger partial charge in [0.2, 0.25) is 5.91 Å². The van der Waals surface area contributed by atoms with Crippen LogP contribution in [0.3, 0.4) is 0 Å². The van der Waals surface area contributed by atoms with E-state index in [-0.39, 0.29) is 24.3 Å². The van der Waals surface area contributed by atoms with Crippen molar-refractivity contribution in [1.82, 2.24) is 4.57 Å². The first-order valence-corrected chi connectivity index (χ1v) is 13.2. The zero-order chi connectivity index (χ0) is 26.6. The van der Waals surface area contributed by atoms with Crippen molar-refractivity contribution in [2.45, 2.75) is 19.9 Å². The Morgan fingerprint density at radius 2 is 1.66 bits per heavy atom. The molecule has 6 rings (SSSR count). The van der Waals surface area contributed by atoms with E-state index in [0.717, 1.165) is 26.5 Å². The predicted octanol–water partition coefficient (Wildman–Crippen LogP) is 6.81. The van der Waals surface area contributed by atoms with Crippen LogP contribution in [0.1, 0.15) is 36.2 Å². The molecule has 3 heterocycles. The van der Waals surface area contributed by atoms with Crippen LogP contribution in [0.25, 0.3) is 22.0 Å². The molecule has 5 aromatic rings. The van der Waals surface area contributed by atoms with Crippen LogP contribution in [0, 0.1) is 6.92 Å². The van der Waals surface area contributed by atoms with Gasteiger partial charge in [-0.15, -0.1) is 11.3 Å². The van der Waals surface area contributed by atoms with Crippen LogP contribution in [0.4, 0.5) is 5.69 Å². The fraction of sp³-hybridized carbons (Fsp3) is 0.100. The van der Waals surface area contributed by atoms with Crippen molar-refractivity contribution in [3.8, 4) is 11.1 Å². The fourth-order valence-corrected chi connectivity index (χ4v) is 6.61. The number of aromatic nitrogens is 1. The number of halogens is 1. The lowest BCUT2D eigenvalue weighted by atomic mass is 9.95. The molecule has 0 fully saturated rings. The summed E-state index contributed by atoms with van der Waals surface area (Å²) in [5, 5.41) is 11.2. The number of hydrogen-bond donors (Lipinski definition) is 1. The lowest BCUT2D eigenvalue weighted by Crippen LogP contribution is -2.43. The molecule has 0 unspecified atom stereocenters. The Morgan fingerprint density at radius 3 is 2.34 bits per heavy atom. The molecule has 0 spiro atoms. The van der Waals surface area contributed by atoms with E-state index in [2.05, 4.69) is 0 Å². The van der Waals surface area contributed by atoms with Gasteiger partial charge in [-0.1, -0.05) is 72.3 Å². The number of amides is 2. The minimum Gasteiger partial charge on any atom is -0.477 e. The maximum absolute atomic E-state index is 14.2. The van der Waals surface area contributed by atoms with E-state index in [0.29, 0.717) is 26.4 Å². The SMILES string of the molecule is Cc1sc2c(c1-c1ccccc1)C(=O)N(c1c(C(=O)O)n(Cc3ccccc3)c3ccc(Cl)cc13)C(=O)C2. The number of rotatable bonds is 5. The average Bonchev–Trinajstić information content (AvgIpc) is 3.39. The van der Waals surface area contributed by atoms with Gasteiger partial charge < -0.3 is 9.67 Å². The minimum absolute atomic E-state index is 0.00436. The number of anilines is 1. The quantitative estimate of drug-likeness (QED) is 0.248. The molecule has 1 aliphatic heterocycles. The van der Waals surface area contributed by atoms with Crippen molar-refractivity contribution in [2.75, 3.05) is 4.90 Å². The Balaban J connectivity index is 1.60. The second kappa shape index (κ2) is 9.28. The van der Waals surface area contributed by atoms with E-state index >= 15 is 0 Å². The van der Waals surface area contributed by atoms with Gasteiger partial charge in [0.05, 0.1) is 23.2 Å². The smallest absolute Gasteiger partial charge is 0.354 e. The summed E-state index contributed by atoms with van der Waals surface area (Å²) in [7, 11) is 0. The number of benzene rings is 3. The van der Waals surface area contributed by atoms with Crippen molar-refractivity contribution in [3.05, 3.63) is 110 Å². The summed E-state index contributed by atoms with van der Waals surface area (Å²) < 4.78 is 1.63. The standard InChI is InChI=1S/C30H21ClN2O4S/c1-17-25(19-10-6-3-7-11-19)26-23(38-17)15-24(34)33(29(26)35)27-21-14-20(31)12-13-22(21)32(28(27)30(36)37)16-18-8-4-2-5-9-18/h2-14H,15-16H2,1H3,(H,36,37). The zero-order valence-electron chi connectivity index (χ0n) is 20.3. The van der Waals surface area contributed by atoms with Gasteiger partial charge in [-0.25, -0.2) is 9.69 Å². The first kappa shape index (κ1) is 24.2. The van der Waals surface area contributed by atoms with Crippen LogP contribution < -0.4 is 4.90 Å². The highest BCUT2D eigenvalue weighted by molar-refractivity contribution is 7.13. The second-order valence-electron chi connectivity index (χ2n) is 9.14. The number of thiophene rings is 1. The number of hydrogen-bond acceptors (Lipinski definition) is 4. The summed E-state index contributed by atoms with van der Waals surface area (Å²) in [4.78, 5) is 43.2. The van der Waals surface area contributed by atoms with E-state index in [4.69, 9.17) is 11.6 Å². The van der Waals surface area contributed by atoms with Crippen molar-refractivity contribution in [3.63, 3.8) is 0 Å². The van der Waals surface area contributed by atoms with Crippen LogP contribution in [0.15, 0.2) is 78.9 Å². The molecule has 2 aromatic heterocycles. The molecule has 0 saturated heterocycles. The maximum atomic E-state index is 14.2. The summed E-state index contributed by atoms with van der Waals surface area (Å²) in [6.45, 7) is 2.18. The Labute approximate surface area is 227 Å². The second-order valence-corrected chi connectivity index (χ2v) is 10.9. The largest absolute Gasteiger partial charge is 0.477 e. The molecule has 0 bridgehead atoms. The highest BCUT2D eigenvalue weighted by atomic mass is 35.5. The summed E-state index contributed by atoms with van der Waals surface area (Å²) in [6.07, 6.45) is 0.00436. The Bertz CT molecular complexity index is 1760. The zero-order valence-corrected chi connectivity index (χ0v) is 21.8. The highest BCUT2D eigenvalue weighted by Gasteiger charge is 2.40. The summed E-state index contributed by atoms with van der Waals surface area (Å²) >= 11 is 7.78. The van der Waals surface area contributed by atoms with Gasteiger partial charge in [0, 0.05) is 32.3 Å². The molecule has 0 radical (unpaired) electrons. The van der Waals surface area contributed by atoms with Gasteiger partial charge in [-0.05, 0) is 36.2 Å². The Kier molecular flexibility index (Phi) is 5.90. The van der Waals surface area contributed by atoms with Crippen LogP contribution in [-0.2, 0) is 17.8 Å². The van der Waals surface area contributed by atoms with E-state index in [1.54, 1.807) is 22.8 Å². The third-order valence-corrected chi connectivity index (χ3v) is 8.15. The lowest BCUT2D eigenvalue weighted by molar-refractivity contribution is -0.117. The first-order chi connectivity index (χ1) is 18.3. The number of fused-ring (bicyclic) bond motifs is 2. The van der Waals surface area contributed by atoms with Gasteiger partial charge in [0.15, 0.2) is 5.69 Å². The molecule has 0 saturated carbocycles. The van der Waals surface area contributed by atoms with Crippen molar-refractivity contribution >= 4 is 57.3 Å². The van der Waals surface area contributed by atoms with Crippen molar-refractivity contribution in [2.24, 2.45) is 0 Å². The third-order valence-electron chi connectivity index (χ3n) is 6.81. The molecule has 6 nitrogen and oxygen atoms in total. The molecule has 188 valence electrons. The number of carbonyl (C=O) groups is 3. The fourth-order valence-electron chi connectivity index (χ4n) is 5.26. The monoisotopic (exact) mass is 540 g/mol. The Hall–Kier alpha value is -4.20. The molecule has 8 heteroatoms. The number of carboxylic acid groups (broad SMARTS) is 1. The number of aromatic carboxylic acids is 1. The summed E-state index contributed by atoms with van der Waals surface area (Å²) in [6, 6.07) is 24.0. The number of aryl methyl sites for hydroxylation is 1. The average molecular weight is 541 g/mol. The minimum atomic E-state index is -1.24. The molecule has 3 aromatic carbocycles. The third kappa shape index (κ3) is 3.83. The Morgan fingerprint density at radius 1 is 0.974 bits per heavy atom. The van der Waals surface area contributed by atoms with Crippen molar-refractivity contribution < 1.29 is 19.5 Å². The molecule has 38 heavy (non-hydrogen) atoms. The van der Waals surface area contributed by atoms with Gasteiger partial charge in [-0.2, -0.15) is 0 Å². The maximum Gasteiger partial charge on any atom is 0.354 e. The normalized spacial score (nSPS) is 13.3. The van der Waals surface area contributed by atoms with Crippen molar-refractivity contribution in [1.29, 1.82) is 0 Å². The van der Waals surface area contributed by atoms with E-state index in [1.807, 2.05) is 67.6 Å². The molecule has 2 amide bonds. The number of nitrogens with zero attached hydrogens (tertiary/aromatic N) is 2. The molecular formula is C30H21ClN2O4S. The highest BCUT2D eigenvalue weighted by Crippen LogP contribution is 2.44. The van der Waals surface area contributed by atoms with Gasteiger partial charge in [0.25, 0.3) is 5.91 Å². The van der Waals surface area contributed by atoms with Gasteiger partial charge in [0.1, 0.15) is 0 Å². The van der Waals surface area contributed by atoms with Crippen LogP contribution >= 0.6 is 22.9 Å². The van der Waals surface area contributed by atoms with Gasteiger partial charge >= 0.3 is 5.97 Å². The lowest BCUT2D eigenvalue weighted by Gasteiger charge is -2.26. The first-order valence-electron chi connectivity index (χ1n) is 12.0. The topological polar surface area (TPSA) is 79.6 Å². The van der Waals surface area contributed by atoms with Crippen LogP contribution in [-0.4, -0.2) is 27.5 Å². The van der Waals surface area contributed by atoms with E-state index in [1.165, 1.54) is 11.3 Å². The number of carboxylic acids is 1. The molecule has 0 aliphatic carbocycles. The molecule has 1 N–H and O–H groups in total. The van der Waals surface area contributed by atoms with E-state index in [9.17, 15) is 19.5 Å². The van der Waals surface area contributed by atoms with E-state index < -0.39 is 17.8 Å². The van der Waals surface area contributed by atoms with Gasteiger partial charge in [-0.3, -0.25) is 9.59 Å². The van der Waals surface area contributed by atoms with Crippen LogP contribution in [0.2, 0.25) is 5.02 Å². The molecular weight excluding hydrogens is 520 g/mol. The number of imide groups is 1. The molecule has 0 atom stereocenters. The summed E-state index contributed by atoms with van der Waals surface area (Å²) in [5.74, 6) is -2.23. The van der Waals surface area contributed by atoms with Crippen LogP contribution in [0.5, 0.6) is 0 Å². The predicted molar refractivity (Wildman–Crippen MR) is 149 cm³/mol. The molecule has 1 aliphatic rings.